The molecule has 1 nitrogen and oxygen atoms in total. The predicted molar refractivity (Wildman–Crippen MR) is 70.6 cm³/mol. The van der Waals surface area contributed by atoms with Gasteiger partial charge in [0.25, 0.3) is 0 Å². The van der Waals surface area contributed by atoms with E-state index in [2.05, 4.69) is 38.5 Å². The van der Waals surface area contributed by atoms with Crippen LogP contribution in [0.4, 0.5) is 0 Å². The van der Waals surface area contributed by atoms with Gasteiger partial charge in [-0.15, -0.1) is 0 Å². The highest BCUT2D eigenvalue weighted by atomic mass is 127. The molecular weight excluding hydrogens is 355 g/mol. The number of halogens is 2. The Morgan fingerprint density at radius 1 is 1.57 bits per heavy atom. The Morgan fingerprint density at radius 2 is 2.21 bits per heavy atom. The smallest absolute Gasteiger partial charge is 0.166 e. The van der Waals surface area contributed by atoms with Crippen LogP contribution in [0.1, 0.15) is 30.6 Å². The highest BCUT2D eigenvalue weighted by Gasteiger charge is 2.16. The first-order chi connectivity index (χ1) is 6.56. The van der Waals surface area contributed by atoms with Gasteiger partial charge in [0.2, 0.25) is 0 Å². The Kier molecular flexibility index (Phi) is 4.57. The van der Waals surface area contributed by atoms with Gasteiger partial charge in [0.15, 0.2) is 5.78 Å². The molecule has 14 heavy (non-hydrogen) atoms. The lowest BCUT2D eigenvalue weighted by Gasteiger charge is -2.09. The van der Waals surface area contributed by atoms with Crippen molar-refractivity contribution in [3.8, 4) is 0 Å². The molecule has 0 N–H and O–H groups in total. The molecule has 0 aliphatic carbocycles. The monoisotopic (exact) mass is 366 g/mol. The fraction of sp³-hybridized carbons (Fsp3) is 0.364. The zero-order valence-corrected chi connectivity index (χ0v) is 11.9. The van der Waals surface area contributed by atoms with Crippen LogP contribution in [0, 0.1) is 9.49 Å². The van der Waals surface area contributed by atoms with Crippen molar-refractivity contribution >= 4 is 44.3 Å². The SMILES string of the molecule is CCC(C)C(=O)c1cc(I)ccc1Br. The molecule has 0 spiro atoms. The number of hydrogen-bond donors (Lipinski definition) is 0. The summed E-state index contributed by atoms with van der Waals surface area (Å²) in [4.78, 5) is 11.9. The summed E-state index contributed by atoms with van der Waals surface area (Å²) in [6, 6.07) is 5.84. The van der Waals surface area contributed by atoms with Gasteiger partial charge >= 0.3 is 0 Å². The van der Waals surface area contributed by atoms with Crippen molar-refractivity contribution in [3.05, 3.63) is 31.8 Å². The molecule has 3 heteroatoms. The summed E-state index contributed by atoms with van der Waals surface area (Å²) in [5.41, 5.74) is 0.797. The first-order valence-electron chi connectivity index (χ1n) is 4.55. The fourth-order valence-electron chi connectivity index (χ4n) is 1.14. The van der Waals surface area contributed by atoms with Crippen molar-refractivity contribution in [3.63, 3.8) is 0 Å². The number of carbonyl (C=O) groups is 1. The van der Waals surface area contributed by atoms with E-state index in [1.165, 1.54) is 0 Å². The van der Waals surface area contributed by atoms with E-state index < -0.39 is 0 Å². The quantitative estimate of drug-likeness (QED) is 0.576. The van der Waals surface area contributed by atoms with E-state index in [1.807, 2.05) is 32.0 Å². The van der Waals surface area contributed by atoms with Crippen LogP contribution < -0.4 is 0 Å². The lowest BCUT2D eigenvalue weighted by Crippen LogP contribution is -2.11. The molecule has 0 aromatic heterocycles. The summed E-state index contributed by atoms with van der Waals surface area (Å²) in [6.07, 6.45) is 0.886. The molecule has 0 aliphatic heterocycles. The van der Waals surface area contributed by atoms with Crippen LogP contribution in [-0.2, 0) is 0 Å². The number of carbonyl (C=O) groups excluding carboxylic acids is 1. The maximum Gasteiger partial charge on any atom is 0.166 e. The van der Waals surface area contributed by atoms with Crippen molar-refractivity contribution in [1.29, 1.82) is 0 Å². The average Bonchev–Trinajstić information content (AvgIpc) is 2.19. The van der Waals surface area contributed by atoms with Gasteiger partial charge in [-0.25, -0.2) is 0 Å². The number of Topliss-reactive ketones (excluding diaryl/α,β-unsaturated/α-hetero) is 1. The van der Waals surface area contributed by atoms with Gasteiger partial charge in [-0.1, -0.05) is 29.8 Å². The second-order valence-corrected chi connectivity index (χ2v) is 5.40. The summed E-state index contributed by atoms with van der Waals surface area (Å²) >= 11 is 5.62. The maximum atomic E-state index is 11.9. The zero-order valence-electron chi connectivity index (χ0n) is 8.18. The number of benzene rings is 1. The van der Waals surface area contributed by atoms with Crippen LogP contribution in [0.25, 0.3) is 0 Å². The first-order valence-corrected chi connectivity index (χ1v) is 6.42. The van der Waals surface area contributed by atoms with Crippen molar-refractivity contribution in [2.24, 2.45) is 5.92 Å². The van der Waals surface area contributed by atoms with Gasteiger partial charge in [-0.05, 0) is 47.2 Å². The number of rotatable bonds is 3. The zero-order chi connectivity index (χ0) is 10.7. The molecule has 0 heterocycles. The molecule has 1 atom stereocenters. The van der Waals surface area contributed by atoms with E-state index in [0.29, 0.717) is 0 Å². The molecule has 0 bridgehead atoms. The molecule has 1 aromatic carbocycles. The minimum Gasteiger partial charge on any atom is -0.294 e. The van der Waals surface area contributed by atoms with E-state index in [9.17, 15) is 4.79 Å². The lowest BCUT2D eigenvalue weighted by atomic mass is 9.97. The van der Waals surface area contributed by atoms with Crippen molar-refractivity contribution in [1.82, 2.24) is 0 Å². The average molecular weight is 367 g/mol. The maximum absolute atomic E-state index is 11.9. The number of hydrogen-bond acceptors (Lipinski definition) is 1. The van der Waals surface area contributed by atoms with Crippen molar-refractivity contribution in [2.45, 2.75) is 20.3 Å². The molecule has 0 aliphatic rings. The highest BCUT2D eigenvalue weighted by Crippen LogP contribution is 2.23. The molecular formula is C11H12BrIO. The lowest BCUT2D eigenvalue weighted by molar-refractivity contribution is 0.0926. The summed E-state index contributed by atoms with van der Waals surface area (Å²) in [7, 11) is 0. The largest absolute Gasteiger partial charge is 0.294 e. The van der Waals surface area contributed by atoms with Crippen molar-refractivity contribution < 1.29 is 4.79 Å². The summed E-state index contributed by atoms with van der Waals surface area (Å²) < 4.78 is 1.99. The number of ketones is 1. The minimum absolute atomic E-state index is 0.101. The molecule has 0 amide bonds. The van der Waals surface area contributed by atoms with Gasteiger partial charge in [-0.3, -0.25) is 4.79 Å². The topological polar surface area (TPSA) is 17.1 Å². The Labute approximate surface area is 107 Å². The van der Waals surface area contributed by atoms with Gasteiger partial charge < -0.3 is 0 Å². The summed E-state index contributed by atoms with van der Waals surface area (Å²) in [5, 5.41) is 0. The van der Waals surface area contributed by atoms with E-state index >= 15 is 0 Å². The fourth-order valence-corrected chi connectivity index (χ4v) is 2.07. The Morgan fingerprint density at radius 3 is 2.79 bits per heavy atom. The Bertz CT molecular complexity index is 349. The molecule has 1 aromatic rings. The third kappa shape index (κ3) is 2.79. The highest BCUT2D eigenvalue weighted by molar-refractivity contribution is 14.1. The first kappa shape index (κ1) is 12.2. The van der Waals surface area contributed by atoms with E-state index in [-0.39, 0.29) is 11.7 Å². The van der Waals surface area contributed by atoms with E-state index in [0.717, 1.165) is 20.0 Å². The molecule has 0 radical (unpaired) electrons. The van der Waals surface area contributed by atoms with Crippen LogP contribution in [0.2, 0.25) is 0 Å². The molecule has 1 unspecified atom stereocenters. The molecule has 1 rings (SSSR count). The van der Waals surface area contributed by atoms with Crippen LogP contribution in [0.15, 0.2) is 22.7 Å². The molecule has 0 saturated heterocycles. The van der Waals surface area contributed by atoms with Gasteiger partial charge in [0.05, 0.1) is 0 Å². The van der Waals surface area contributed by atoms with Crippen molar-refractivity contribution in [2.75, 3.05) is 0 Å². The van der Waals surface area contributed by atoms with Crippen LogP contribution in [0.5, 0.6) is 0 Å². The predicted octanol–water partition coefficient (Wildman–Crippen LogP) is 4.28. The standard InChI is InChI=1S/C11H12BrIO/c1-3-7(2)11(14)9-6-8(13)4-5-10(9)12/h4-7H,3H2,1-2H3. The van der Waals surface area contributed by atoms with Gasteiger partial charge in [0.1, 0.15) is 0 Å². The minimum atomic E-state index is 0.101. The van der Waals surface area contributed by atoms with Gasteiger partial charge in [0, 0.05) is 19.5 Å². The summed E-state index contributed by atoms with van der Waals surface area (Å²) in [6.45, 7) is 4.00. The second kappa shape index (κ2) is 5.26. The molecule has 0 fully saturated rings. The van der Waals surface area contributed by atoms with Crippen LogP contribution in [0.3, 0.4) is 0 Å². The second-order valence-electron chi connectivity index (χ2n) is 3.30. The van der Waals surface area contributed by atoms with E-state index in [4.69, 9.17) is 0 Å². The summed E-state index contributed by atoms with van der Waals surface area (Å²) in [5.74, 6) is 0.322. The van der Waals surface area contributed by atoms with Gasteiger partial charge in [-0.2, -0.15) is 0 Å². The van der Waals surface area contributed by atoms with Crippen LogP contribution in [-0.4, -0.2) is 5.78 Å². The Balaban J connectivity index is 3.06. The normalized spacial score (nSPS) is 12.6. The van der Waals surface area contributed by atoms with E-state index in [1.54, 1.807) is 0 Å². The molecule has 76 valence electrons. The van der Waals surface area contributed by atoms with Crippen LogP contribution >= 0.6 is 38.5 Å². The Hall–Kier alpha value is 0.1000. The molecule has 0 saturated carbocycles. The third-order valence-electron chi connectivity index (χ3n) is 2.25. The third-order valence-corrected chi connectivity index (χ3v) is 3.62.